The first-order chi connectivity index (χ1) is 12.4. The number of fused-ring (bicyclic) bond motifs is 1. The monoisotopic (exact) mass is 433 g/mol. The third kappa shape index (κ3) is 3.97. The van der Waals surface area contributed by atoms with Gasteiger partial charge >= 0.3 is 5.97 Å². The first-order valence-corrected chi connectivity index (χ1v) is 9.78. The number of hydrogen-bond acceptors (Lipinski definition) is 1. The number of carboxylic acid groups (broad SMARTS) is 1. The smallest absolute Gasteiger partial charge is 0.306 e. The van der Waals surface area contributed by atoms with E-state index in [4.69, 9.17) is 11.6 Å². The quantitative estimate of drug-likeness (QED) is 0.512. The molecule has 0 saturated heterocycles. The number of carbonyl (C=O) groups is 1. The average Bonchev–Trinajstić information content (AvgIpc) is 2.85. The van der Waals surface area contributed by atoms with Crippen LogP contribution in [-0.4, -0.2) is 15.6 Å². The Morgan fingerprint density at radius 2 is 1.92 bits per heavy atom. The zero-order valence-electron chi connectivity index (χ0n) is 14.8. The summed E-state index contributed by atoms with van der Waals surface area (Å²) < 4.78 is 3.35. The Balaban J connectivity index is 2.01. The van der Waals surface area contributed by atoms with Crippen LogP contribution in [-0.2, 0) is 17.8 Å². The maximum absolute atomic E-state index is 11.2. The Morgan fingerprint density at radius 1 is 1.23 bits per heavy atom. The van der Waals surface area contributed by atoms with E-state index >= 15 is 0 Å². The summed E-state index contributed by atoms with van der Waals surface area (Å²) in [5.41, 5.74) is 4.71. The summed E-state index contributed by atoms with van der Waals surface area (Å²) in [5.74, 6) is -1.11. The van der Waals surface area contributed by atoms with Gasteiger partial charge in [-0.3, -0.25) is 4.79 Å². The minimum Gasteiger partial charge on any atom is -0.481 e. The molecule has 1 unspecified atom stereocenters. The van der Waals surface area contributed by atoms with Gasteiger partial charge in [-0.2, -0.15) is 0 Å². The first kappa shape index (κ1) is 19.0. The fourth-order valence-electron chi connectivity index (χ4n) is 3.30. The Morgan fingerprint density at radius 3 is 2.58 bits per heavy atom. The molecule has 1 atom stereocenters. The van der Waals surface area contributed by atoms with Gasteiger partial charge in [0.2, 0.25) is 0 Å². The van der Waals surface area contributed by atoms with Gasteiger partial charge in [-0.1, -0.05) is 46.6 Å². The highest BCUT2D eigenvalue weighted by molar-refractivity contribution is 9.10. The van der Waals surface area contributed by atoms with Crippen molar-refractivity contribution in [2.75, 3.05) is 0 Å². The third-order valence-electron chi connectivity index (χ3n) is 4.92. The minimum absolute atomic E-state index is 0.363. The lowest BCUT2D eigenvalue weighted by atomic mass is 9.99. The van der Waals surface area contributed by atoms with Crippen molar-refractivity contribution in [2.45, 2.75) is 33.2 Å². The van der Waals surface area contributed by atoms with Crippen LogP contribution in [0.4, 0.5) is 0 Å². The number of hydrogen-bond donors (Lipinski definition) is 1. The highest BCUT2D eigenvalue weighted by Gasteiger charge is 2.17. The zero-order valence-corrected chi connectivity index (χ0v) is 17.1. The van der Waals surface area contributed by atoms with E-state index in [1.165, 1.54) is 16.8 Å². The fourth-order valence-corrected chi connectivity index (χ4v) is 3.74. The molecule has 0 radical (unpaired) electrons. The predicted octanol–water partition coefficient (Wildman–Crippen LogP) is 6.07. The van der Waals surface area contributed by atoms with Gasteiger partial charge in [0, 0.05) is 32.6 Å². The minimum atomic E-state index is -0.751. The van der Waals surface area contributed by atoms with E-state index in [-0.39, 0.29) is 5.92 Å². The topological polar surface area (TPSA) is 42.2 Å². The van der Waals surface area contributed by atoms with Crippen LogP contribution in [0.1, 0.15) is 30.2 Å². The number of aliphatic carboxylic acids is 1. The lowest BCUT2D eigenvalue weighted by Crippen LogP contribution is -2.10. The summed E-state index contributed by atoms with van der Waals surface area (Å²) >= 11 is 9.71. The predicted molar refractivity (Wildman–Crippen MR) is 110 cm³/mol. The van der Waals surface area contributed by atoms with Gasteiger partial charge < -0.3 is 9.67 Å². The van der Waals surface area contributed by atoms with Crippen LogP contribution in [0.2, 0.25) is 5.02 Å². The van der Waals surface area contributed by atoms with Crippen LogP contribution in [0.5, 0.6) is 0 Å². The van der Waals surface area contributed by atoms with Crippen LogP contribution in [0.25, 0.3) is 10.9 Å². The number of benzene rings is 2. The molecule has 3 rings (SSSR count). The summed E-state index contributed by atoms with van der Waals surface area (Å²) in [6.45, 7) is 4.63. The molecular formula is C21H21BrClNO2. The van der Waals surface area contributed by atoms with Crippen molar-refractivity contribution in [3.8, 4) is 0 Å². The Labute approximate surface area is 166 Å². The van der Waals surface area contributed by atoms with Crippen molar-refractivity contribution in [2.24, 2.45) is 5.92 Å². The van der Waals surface area contributed by atoms with Crippen molar-refractivity contribution in [1.29, 1.82) is 0 Å². The molecule has 1 heterocycles. The zero-order chi connectivity index (χ0) is 18.8. The molecule has 0 aliphatic carbocycles. The van der Waals surface area contributed by atoms with E-state index in [0.717, 1.165) is 28.3 Å². The second-order valence-corrected chi connectivity index (χ2v) is 8.07. The molecule has 0 bridgehead atoms. The number of carboxylic acids is 1. The molecule has 5 heteroatoms. The fraction of sp³-hybridized carbons (Fsp3) is 0.286. The molecule has 1 N–H and O–H groups in total. The van der Waals surface area contributed by atoms with E-state index in [9.17, 15) is 9.90 Å². The second-order valence-electron chi connectivity index (χ2n) is 6.72. The van der Waals surface area contributed by atoms with E-state index in [0.29, 0.717) is 11.4 Å². The maximum Gasteiger partial charge on any atom is 0.306 e. The molecule has 0 aliphatic rings. The van der Waals surface area contributed by atoms with Crippen molar-refractivity contribution >= 4 is 44.4 Å². The molecule has 0 amide bonds. The molecule has 0 spiro atoms. The molecular weight excluding hydrogens is 414 g/mol. The molecule has 1 aromatic heterocycles. The number of aromatic nitrogens is 1. The highest BCUT2D eigenvalue weighted by atomic mass is 79.9. The van der Waals surface area contributed by atoms with E-state index in [2.05, 4.69) is 39.6 Å². The lowest BCUT2D eigenvalue weighted by Gasteiger charge is -2.10. The van der Waals surface area contributed by atoms with Gasteiger partial charge in [0.1, 0.15) is 0 Å². The SMILES string of the molecule is Cc1c(CCC(C)C(=O)O)c2cc(Cl)ccc2n1Cc1ccc(Br)cc1. The largest absolute Gasteiger partial charge is 0.481 e. The van der Waals surface area contributed by atoms with Gasteiger partial charge in [0.15, 0.2) is 0 Å². The van der Waals surface area contributed by atoms with Crippen molar-refractivity contribution in [3.05, 3.63) is 68.8 Å². The summed E-state index contributed by atoms with van der Waals surface area (Å²) in [6, 6.07) is 14.3. The van der Waals surface area contributed by atoms with Gasteiger partial charge in [-0.25, -0.2) is 0 Å². The normalized spacial score (nSPS) is 12.5. The number of aryl methyl sites for hydroxylation is 1. The van der Waals surface area contributed by atoms with Crippen molar-refractivity contribution in [1.82, 2.24) is 4.57 Å². The van der Waals surface area contributed by atoms with Crippen molar-refractivity contribution in [3.63, 3.8) is 0 Å². The van der Waals surface area contributed by atoms with Crippen LogP contribution in [0.3, 0.4) is 0 Å². The summed E-state index contributed by atoms with van der Waals surface area (Å²) in [7, 11) is 0. The first-order valence-electron chi connectivity index (χ1n) is 8.61. The number of rotatable bonds is 6. The van der Waals surface area contributed by atoms with Crippen LogP contribution >= 0.6 is 27.5 Å². The second kappa shape index (κ2) is 7.85. The van der Waals surface area contributed by atoms with E-state index < -0.39 is 5.97 Å². The average molecular weight is 435 g/mol. The Kier molecular flexibility index (Phi) is 5.73. The van der Waals surface area contributed by atoms with Crippen LogP contribution in [0.15, 0.2) is 46.9 Å². The molecule has 0 saturated carbocycles. The molecule has 2 aromatic carbocycles. The molecule has 3 nitrogen and oxygen atoms in total. The summed E-state index contributed by atoms with van der Waals surface area (Å²) in [4.78, 5) is 11.2. The molecule has 3 aromatic rings. The molecule has 0 fully saturated rings. The van der Waals surface area contributed by atoms with E-state index in [1.54, 1.807) is 6.92 Å². The van der Waals surface area contributed by atoms with Gasteiger partial charge in [0.05, 0.1) is 5.92 Å². The van der Waals surface area contributed by atoms with E-state index in [1.807, 2.05) is 30.3 Å². The van der Waals surface area contributed by atoms with Gasteiger partial charge in [-0.15, -0.1) is 0 Å². The Hall–Kier alpha value is -1.78. The van der Waals surface area contributed by atoms with Crippen LogP contribution in [0, 0.1) is 12.8 Å². The lowest BCUT2D eigenvalue weighted by molar-refractivity contribution is -0.141. The summed E-state index contributed by atoms with van der Waals surface area (Å²) in [6.07, 6.45) is 1.34. The van der Waals surface area contributed by atoms with Crippen LogP contribution < -0.4 is 0 Å². The number of halogens is 2. The van der Waals surface area contributed by atoms with Gasteiger partial charge in [-0.05, 0) is 61.2 Å². The third-order valence-corrected chi connectivity index (χ3v) is 5.68. The molecule has 0 aliphatic heterocycles. The van der Waals surface area contributed by atoms with Crippen molar-refractivity contribution < 1.29 is 9.90 Å². The number of nitrogens with zero attached hydrogens (tertiary/aromatic N) is 1. The maximum atomic E-state index is 11.2. The summed E-state index contributed by atoms with van der Waals surface area (Å²) in [5, 5.41) is 11.0. The molecule has 26 heavy (non-hydrogen) atoms. The Bertz CT molecular complexity index is 947. The highest BCUT2D eigenvalue weighted by Crippen LogP contribution is 2.31. The molecule has 136 valence electrons. The van der Waals surface area contributed by atoms with Gasteiger partial charge in [0.25, 0.3) is 0 Å². The standard InChI is InChI=1S/C21H21BrClNO2/c1-13(21(25)26)3-9-18-14(2)24(12-15-4-6-16(22)7-5-15)20-10-8-17(23)11-19(18)20/h4-8,10-11,13H,3,9,12H2,1-2H3,(H,25,26).